The van der Waals surface area contributed by atoms with Crippen LogP contribution in [0, 0.1) is 0 Å². The van der Waals surface area contributed by atoms with Gasteiger partial charge in [-0.2, -0.15) is 5.10 Å². The number of nitrogens with one attached hydrogen (secondary N) is 3. The number of aromatic amines is 1. The lowest BCUT2D eigenvalue weighted by molar-refractivity contribution is -0.120. The Morgan fingerprint density at radius 3 is 2.65 bits per heavy atom. The van der Waals surface area contributed by atoms with Crippen molar-refractivity contribution in [3.05, 3.63) is 66.1 Å². The van der Waals surface area contributed by atoms with Gasteiger partial charge in [-0.05, 0) is 36.2 Å². The summed E-state index contributed by atoms with van der Waals surface area (Å²) < 4.78 is 0. The molecule has 3 aromatic rings. The number of nitrogens with zero attached hydrogens (tertiary/aromatic N) is 2. The maximum Gasteiger partial charge on any atom is 0.273 e. The zero-order valence-electron chi connectivity index (χ0n) is 14.3. The second-order valence-electron chi connectivity index (χ2n) is 5.69. The maximum atomic E-state index is 12.5. The molecule has 0 aliphatic rings. The Hall–Kier alpha value is -3.48. The number of hydrogen-bond acceptors (Lipinski definition) is 4. The van der Waals surface area contributed by atoms with Gasteiger partial charge in [0.2, 0.25) is 5.91 Å². The fraction of sp³-hybridized carbons (Fsp3) is 0.158. The molecule has 0 atom stereocenters. The van der Waals surface area contributed by atoms with Crippen LogP contribution in [0.4, 0.5) is 5.69 Å². The number of aromatic nitrogens is 3. The van der Waals surface area contributed by atoms with Gasteiger partial charge in [0, 0.05) is 37.1 Å². The van der Waals surface area contributed by atoms with E-state index in [-0.39, 0.29) is 11.8 Å². The number of carbonyl (C=O) groups excluding carboxylic acids is 2. The molecule has 0 aliphatic heterocycles. The van der Waals surface area contributed by atoms with E-state index < -0.39 is 0 Å². The standard InChI is InChI=1S/C19H19N5O2/c1-20-18(25)7-6-13-4-2-3-5-15(13)22-19(26)17-12-16(23-24-17)14-8-10-21-11-9-14/h2-5,8-12H,6-7H2,1H3,(H,20,25)(H,22,26)(H,23,24). The van der Waals surface area contributed by atoms with Gasteiger partial charge in [0.15, 0.2) is 0 Å². The topological polar surface area (TPSA) is 99.8 Å². The number of aryl methyl sites for hydroxylation is 1. The van der Waals surface area contributed by atoms with Gasteiger partial charge in [0.05, 0.1) is 5.69 Å². The number of anilines is 1. The minimum absolute atomic E-state index is 0.0401. The van der Waals surface area contributed by atoms with Crippen LogP contribution in [-0.4, -0.2) is 34.0 Å². The molecule has 7 heteroatoms. The van der Waals surface area contributed by atoms with Crippen LogP contribution in [-0.2, 0) is 11.2 Å². The Bertz CT molecular complexity index is 905. The normalized spacial score (nSPS) is 10.3. The number of pyridine rings is 1. The highest BCUT2D eigenvalue weighted by Crippen LogP contribution is 2.20. The second-order valence-corrected chi connectivity index (χ2v) is 5.69. The van der Waals surface area contributed by atoms with Crippen molar-refractivity contribution in [2.45, 2.75) is 12.8 Å². The van der Waals surface area contributed by atoms with Gasteiger partial charge in [0.25, 0.3) is 5.91 Å². The first kappa shape index (κ1) is 17.3. The van der Waals surface area contributed by atoms with Crippen LogP contribution in [0.25, 0.3) is 11.3 Å². The van der Waals surface area contributed by atoms with Crippen molar-refractivity contribution in [2.75, 3.05) is 12.4 Å². The van der Waals surface area contributed by atoms with E-state index in [1.807, 2.05) is 36.4 Å². The zero-order valence-corrected chi connectivity index (χ0v) is 14.3. The SMILES string of the molecule is CNC(=O)CCc1ccccc1NC(=O)c1cc(-c2ccncc2)n[nH]1. The Kier molecular flexibility index (Phi) is 5.38. The summed E-state index contributed by atoms with van der Waals surface area (Å²) in [5.41, 5.74) is 3.49. The van der Waals surface area contributed by atoms with Gasteiger partial charge in [-0.15, -0.1) is 0 Å². The molecular weight excluding hydrogens is 330 g/mol. The summed E-state index contributed by atoms with van der Waals surface area (Å²) in [5.74, 6) is -0.327. The molecule has 0 saturated heterocycles. The summed E-state index contributed by atoms with van der Waals surface area (Å²) in [6.45, 7) is 0. The van der Waals surface area contributed by atoms with Crippen molar-refractivity contribution in [3.63, 3.8) is 0 Å². The molecule has 0 bridgehead atoms. The highest BCUT2D eigenvalue weighted by atomic mass is 16.2. The highest BCUT2D eigenvalue weighted by molar-refractivity contribution is 6.03. The third kappa shape index (κ3) is 4.13. The van der Waals surface area contributed by atoms with Crippen LogP contribution < -0.4 is 10.6 Å². The van der Waals surface area contributed by atoms with Gasteiger partial charge >= 0.3 is 0 Å². The molecule has 0 saturated carbocycles. The first-order valence-electron chi connectivity index (χ1n) is 8.23. The maximum absolute atomic E-state index is 12.5. The summed E-state index contributed by atoms with van der Waals surface area (Å²) in [6, 6.07) is 12.8. The van der Waals surface area contributed by atoms with Crippen molar-refractivity contribution in [1.82, 2.24) is 20.5 Å². The van der Waals surface area contributed by atoms with Crippen LogP contribution in [0.2, 0.25) is 0 Å². The number of carbonyl (C=O) groups is 2. The molecule has 2 aromatic heterocycles. The predicted molar refractivity (Wildman–Crippen MR) is 98.6 cm³/mol. The van der Waals surface area contributed by atoms with E-state index in [0.717, 1.165) is 11.1 Å². The summed E-state index contributed by atoms with van der Waals surface area (Å²) in [7, 11) is 1.61. The minimum Gasteiger partial charge on any atom is -0.359 e. The minimum atomic E-state index is -0.287. The van der Waals surface area contributed by atoms with Crippen molar-refractivity contribution < 1.29 is 9.59 Å². The van der Waals surface area contributed by atoms with Crippen molar-refractivity contribution in [2.24, 2.45) is 0 Å². The third-order valence-corrected chi connectivity index (χ3v) is 3.96. The summed E-state index contributed by atoms with van der Waals surface area (Å²) in [6.07, 6.45) is 4.25. The highest BCUT2D eigenvalue weighted by Gasteiger charge is 2.13. The number of rotatable bonds is 6. The largest absolute Gasteiger partial charge is 0.359 e. The molecular formula is C19H19N5O2. The molecule has 0 spiro atoms. The third-order valence-electron chi connectivity index (χ3n) is 3.96. The summed E-state index contributed by atoms with van der Waals surface area (Å²) in [5, 5.41) is 12.4. The lowest BCUT2D eigenvalue weighted by Crippen LogP contribution is -2.19. The average Bonchev–Trinajstić information content (AvgIpc) is 3.18. The van der Waals surface area contributed by atoms with E-state index in [2.05, 4.69) is 25.8 Å². The van der Waals surface area contributed by atoms with Crippen molar-refractivity contribution in [3.8, 4) is 11.3 Å². The Morgan fingerprint density at radius 1 is 1.12 bits per heavy atom. The molecule has 0 aliphatic carbocycles. The molecule has 2 heterocycles. The number of H-pyrrole nitrogens is 1. The van der Waals surface area contributed by atoms with E-state index >= 15 is 0 Å². The molecule has 3 rings (SSSR count). The van der Waals surface area contributed by atoms with Crippen LogP contribution in [0.15, 0.2) is 54.9 Å². The zero-order chi connectivity index (χ0) is 18.4. The predicted octanol–water partition coefficient (Wildman–Crippen LogP) is 2.40. The Morgan fingerprint density at radius 2 is 1.88 bits per heavy atom. The molecule has 2 amide bonds. The van der Waals surface area contributed by atoms with Crippen LogP contribution >= 0.6 is 0 Å². The molecule has 1 aromatic carbocycles. The number of hydrogen-bond donors (Lipinski definition) is 3. The van der Waals surface area contributed by atoms with Gasteiger partial charge in [-0.3, -0.25) is 19.7 Å². The van der Waals surface area contributed by atoms with E-state index in [1.54, 1.807) is 25.5 Å². The number of amides is 2. The van der Waals surface area contributed by atoms with Crippen LogP contribution in [0.1, 0.15) is 22.5 Å². The lowest BCUT2D eigenvalue weighted by atomic mass is 10.1. The smallest absolute Gasteiger partial charge is 0.273 e. The molecule has 0 fully saturated rings. The van der Waals surface area contributed by atoms with Gasteiger partial charge in [-0.25, -0.2) is 0 Å². The van der Waals surface area contributed by atoms with Gasteiger partial charge < -0.3 is 10.6 Å². The Balaban J connectivity index is 1.73. The molecule has 132 valence electrons. The molecule has 26 heavy (non-hydrogen) atoms. The van der Waals surface area contributed by atoms with E-state index in [0.29, 0.717) is 29.9 Å². The number of para-hydroxylation sites is 1. The first-order chi connectivity index (χ1) is 12.7. The molecule has 0 unspecified atom stereocenters. The monoisotopic (exact) mass is 349 g/mol. The Labute approximate surface area is 150 Å². The fourth-order valence-electron chi connectivity index (χ4n) is 2.53. The number of benzene rings is 1. The second kappa shape index (κ2) is 8.06. The van der Waals surface area contributed by atoms with Crippen molar-refractivity contribution >= 4 is 17.5 Å². The van der Waals surface area contributed by atoms with Crippen LogP contribution in [0.3, 0.4) is 0 Å². The average molecular weight is 349 g/mol. The van der Waals surface area contributed by atoms with Gasteiger partial charge in [0.1, 0.15) is 5.69 Å². The fourth-order valence-corrected chi connectivity index (χ4v) is 2.53. The molecule has 3 N–H and O–H groups in total. The van der Waals surface area contributed by atoms with E-state index in [4.69, 9.17) is 0 Å². The van der Waals surface area contributed by atoms with E-state index in [9.17, 15) is 9.59 Å². The summed E-state index contributed by atoms with van der Waals surface area (Å²) >= 11 is 0. The lowest BCUT2D eigenvalue weighted by Gasteiger charge is -2.10. The first-order valence-corrected chi connectivity index (χ1v) is 8.23. The van der Waals surface area contributed by atoms with Crippen LogP contribution in [0.5, 0.6) is 0 Å². The van der Waals surface area contributed by atoms with Crippen molar-refractivity contribution in [1.29, 1.82) is 0 Å². The molecule has 0 radical (unpaired) electrons. The summed E-state index contributed by atoms with van der Waals surface area (Å²) in [4.78, 5) is 28.0. The molecule has 7 nitrogen and oxygen atoms in total. The van der Waals surface area contributed by atoms with E-state index in [1.165, 1.54) is 0 Å². The van der Waals surface area contributed by atoms with Gasteiger partial charge in [-0.1, -0.05) is 18.2 Å². The quantitative estimate of drug-likeness (QED) is 0.636.